The van der Waals surface area contributed by atoms with E-state index in [9.17, 15) is 19.2 Å². The maximum absolute atomic E-state index is 13.3. The Bertz CT molecular complexity index is 889. The molecule has 0 aliphatic heterocycles. The molecule has 5 N–H and O–H groups in total. The van der Waals surface area contributed by atoms with Gasteiger partial charge in [-0.05, 0) is 36.5 Å². The summed E-state index contributed by atoms with van der Waals surface area (Å²) in [5, 5.41) is 11.7. The van der Waals surface area contributed by atoms with E-state index in [-0.39, 0.29) is 30.7 Å². The van der Waals surface area contributed by atoms with Crippen LogP contribution in [0.1, 0.15) is 101 Å². The molecule has 0 aliphatic rings. The molecule has 0 aromatic heterocycles. The van der Waals surface area contributed by atoms with E-state index >= 15 is 0 Å². The highest BCUT2D eigenvalue weighted by Gasteiger charge is 2.24. The lowest BCUT2D eigenvalue weighted by Crippen LogP contribution is -2.47. The molecule has 38 heavy (non-hydrogen) atoms. The van der Waals surface area contributed by atoms with E-state index in [1.807, 2.05) is 20.8 Å². The summed E-state index contributed by atoms with van der Waals surface area (Å²) in [6.07, 6.45) is 9.68. The molecule has 214 valence electrons. The third-order valence-corrected chi connectivity index (χ3v) is 6.57. The zero-order valence-electron chi connectivity index (χ0n) is 23.6. The van der Waals surface area contributed by atoms with Gasteiger partial charge in [-0.25, -0.2) is 5.48 Å². The number of carbonyl (C=O) groups excluding carboxylic acids is 4. The normalized spacial score (nSPS) is 12.6. The minimum absolute atomic E-state index is 0.145. The molecule has 1 aromatic carbocycles. The topological polar surface area (TPSA) is 142 Å². The summed E-state index contributed by atoms with van der Waals surface area (Å²) in [5.74, 6) is -1.81. The monoisotopic (exact) mass is 532 g/mol. The van der Waals surface area contributed by atoms with Gasteiger partial charge in [-0.2, -0.15) is 0 Å². The molecule has 1 rings (SSSR count). The fourth-order valence-electron chi connectivity index (χ4n) is 4.50. The van der Waals surface area contributed by atoms with Crippen LogP contribution in [0.3, 0.4) is 0 Å². The van der Waals surface area contributed by atoms with E-state index in [4.69, 9.17) is 10.9 Å². The zero-order valence-corrected chi connectivity index (χ0v) is 23.6. The van der Waals surface area contributed by atoms with Crippen molar-refractivity contribution in [2.75, 3.05) is 13.1 Å². The van der Waals surface area contributed by atoms with Crippen LogP contribution >= 0.6 is 0 Å². The van der Waals surface area contributed by atoms with Gasteiger partial charge in [0.1, 0.15) is 12.6 Å². The first-order valence-corrected chi connectivity index (χ1v) is 14.0. The third-order valence-electron chi connectivity index (χ3n) is 6.57. The standard InChI is InChI=1S/C29H48N4O5/c1-5-6-7-8-9-10-11-12-16-33(20-26(34)32-38)29(37)24-15-13-14-23(18-24)19-25(27(30)35)31-28(36)22(4)17-21(2)3/h13-15,18,21-22,25,38H,5-12,16-17,19-20H2,1-4H3,(H2,30,35)(H,31,36)(H,32,34)/t22-,25+/m1/s1. The molecular formula is C29H48N4O5. The predicted molar refractivity (Wildman–Crippen MR) is 148 cm³/mol. The van der Waals surface area contributed by atoms with Gasteiger partial charge >= 0.3 is 0 Å². The molecule has 0 spiro atoms. The number of nitrogens with zero attached hydrogens (tertiary/aromatic N) is 1. The van der Waals surface area contributed by atoms with Crippen molar-refractivity contribution in [1.82, 2.24) is 15.7 Å². The number of primary amides is 1. The van der Waals surface area contributed by atoms with Gasteiger partial charge in [-0.1, -0.05) is 84.8 Å². The van der Waals surface area contributed by atoms with Crippen LogP contribution in [-0.4, -0.2) is 52.9 Å². The van der Waals surface area contributed by atoms with Crippen LogP contribution in [0.4, 0.5) is 0 Å². The minimum Gasteiger partial charge on any atom is -0.368 e. The Labute approximate surface area is 227 Å². The maximum Gasteiger partial charge on any atom is 0.262 e. The molecule has 2 atom stereocenters. The van der Waals surface area contributed by atoms with Crippen LogP contribution in [0, 0.1) is 11.8 Å². The van der Waals surface area contributed by atoms with Crippen molar-refractivity contribution < 1.29 is 24.4 Å². The first-order chi connectivity index (χ1) is 18.1. The van der Waals surface area contributed by atoms with E-state index in [1.165, 1.54) is 30.6 Å². The van der Waals surface area contributed by atoms with Gasteiger partial charge in [0, 0.05) is 24.4 Å². The van der Waals surface area contributed by atoms with Gasteiger partial charge in [-0.15, -0.1) is 0 Å². The molecule has 9 nitrogen and oxygen atoms in total. The summed E-state index contributed by atoms with van der Waals surface area (Å²) in [5.41, 5.74) is 8.18. The number of rotatable bonds is 19. The highest BCUT2D eigenvalue weighted by atomic mass is 16.5. The molecule has 0 aliphatic carbocycles. The van der Waals surface area contributed by atoms with Crippen molar-refractivity contribution in [3.8, 4) is 0 Å². The zero-order chi connectivity index (χ0) is 28.5. The van der Waals surface area contributed by atoms with Crippen LogP contribution in [0.5, 0.6) is 0 Å². The molecule has 0 heterocycles. The lowest BCUT2D eigenvalue weighted by Gasteiger charge is -2.23. The summed E-state index contributed by atoms with van der Waals surface area (Å²) < 4.78 is 0. The van der Waals surface area contributed by atoms with E-state index in [0.29, 0.717) is 30.0 Å². The van der Waals surface area contributed by atoms with Crippen LogP contribution in [0.25, 0.3) is 0 Å². The molecule has 0 saturated heterocycles. The summed E-state index contributed by atoms with van der Waals surface area (Å²) in [4.78, 5) is 51.2. The fraction of sp³-hybridized carbons (Fsp3) is 0.655. The van der Waals surface area contributed by atoms with Crippen LogP contribution in [0.2, 0.25) is 0 Å². The van der Waals surface area contributed by atoms with Crippen LogP contribution < -0.4 is 16.5 Å². The van der Waals surface area contributed by atoms with Crippen molar-refractivity contribution in [2.45, 2.75) is 97.9 Å². The summed E-state index contributed by atoms with van der Waals surface area (Å²) >= 11 is 0. The molecular weight excluding hydrogens is 484 g/mol. The number of unbranched alkanes of at least 4 members (excludes halogenated alkanes) is 7. The second kappa shape index (κ2) is 18.3. The fourth-order valence-corrected chi connectivity index (χ4v) is 4.50. The summed E-state index contributed by atoms with van der Waals surface area (Å²) in [7, 11) is 0. The summed E-state index contributed by atoms with van der Waals surface area (Å²) in [6, 6.07) is 5.85. The number of hydrogen-bond donors (Lipinski definition) is 4. The Morgan fingerprint density at radius 3 is 2.18 bits per heavy atom. The second-order valence-corrected chi connectivity index (χ2v) is 10.6. The molecule has 1 aromatic rings. The first kappa shape index (κ1) is 33.1. The van der Waals surface area contributed by atoms with Crippen LogP contribution in [0.15, 0.2) is 24.3 Å². The molecule has 0 fully saturated rings. The smallest absolute Gasteiger partial charge is 0.262 e. The Hall–Kier alpha value is -2.94. The first-order valence-electron chi connectivity index (χ1n) is 14.0. The number of hydrogen-bond acceptors (Lipinski definition) is 5. The molecule has 0 unspecified atom stereocenters. The lowest BCUT2D eigenvalue weighted by molar-refractivity contribution is -0.130. The van der Waals surface area contributed by atoms with Gasteiger partial charge in [-0.3, -0.25) is 24.4 Å². The highest BCUT2D eigenvalue weighted by Crippen LogP contribution is 2.15. The summed E-state index contributed by atoms with van der Waals surface area (Å²) in [6.45, 7) is 8.19. The van der Waals surface area contributed by atoms with E-state index < -0.39 is 17.9 Å². The van der Waals surface area contributed by atoms with Crippen molar-refractivity contribution in [1.29, 1.82) is 0 Å². The quantitative estimate of drug-likeness (QED) is 0.121. The molecule has 9 heteroatoms. The van der Waals surface area contributed by atoms with E-state index in [1.54, 1.807) is 29.7 Å². The Morgan fingerprint density at radius 1 is 0.974 bits per heavy atom. The number of nitrogens with two attached hydrogens (primary N) is 1. The Balaban J connectivity index is 2.84. The molecule has 4 amide bonds. The van der Waals surface area contributed by atoms with E-state index in [2.05, 4.69) is 12.2 Å². The predicted octanol–water partition coefficient (Wildman–Crippen LogP) is 3.97. The molecule has 0 bridgehead atoms. The largest absolute Gasteiger partial charge is 0.368 e. The third kappa shape index (κ3) is 13.0. The van der Waals surface area contributed by atoms with E-state index in [0.717, 1.165) is 25.7 Å². The number of hydroxylamine groups is 1. The number of benzene rings is 1. The van der Waals surface area contributed by atoms with Crippen molar-refractivity contribution in [3.05, 3.63) is 35.4 Å². The average Bonchev–Trinajstić information content (AvgIpc) is 2.88. The Kier molecular flexibility index (Phi) is 16.0. The van der Waals surface area contributed by atoms with Crippen molar-refractivity contribution in [2.24, 2.45) is 17.6 Å². The minimum atomic E-state index is -0.906. The highest BCUT2D eigenvalue weighted by molar-refractivity contribution is 5.96. The lowest BCUT2D eigenvalue weighted by atomic mass is 9.97. The number of carbonyl (C=O) groups is 4. The molecule has 0 radical (unpaired) electrons. The van der Waals surface area contributed by atoms with Crippen molar-refractivity contribution >= 4 is 23.6 Å². The van der Waals surface area contributed by atoms with Crippen LogP contribution in [-0.2, 0) is 20.8 Å². The van der Waals surface area contributed by atoms with Crippen molar-refractivity contribution in [3.63, 3.8) is 0 Å². The van der Waals surface area contributed by atoms with Gasteiger partial charge in [0.05, 0.1) is 0 Å². The Morgan fingerprint density at radius 2 is 1.61 bits per heavy atom. The SMILES string of the molecule is CCCCCCCCCCN(CC(=O)NO)C(=O)c1cccc(C[C@H](NC(=O)[C@H](C)CC(C)C)C(N)=O)c1. The van der Waals surface area contributed by atoms with Gasteiger partial charge in [0.2, 0.25) is 11.8 Å². The number of nitrogens with one attached hydrogen (secondary N) is 2. The molecule has 0 saturated carbocycles. The number of amides is 4. The van der Waals surface area contributed by atoms with Gasteiger partial charge in [0.15, 0.2) is 0 Å². The van der Waals surface area contributed by atoms with Gasteiger partial charge in [0.25, 0.3) is 11.8 Å². The van der Waals surface area contributed by atoms with Gasteiger partial charge < -0.3 is 16.0 Å². The second-order valence-electron chi connectivity index (χ2n) is 10.6. The maximum atomic E-state index is 13.3. The average molecular weight is 533 g/mol.